The highest BCUT2D eigenvalue weighted by Gasteiger charge is 2.41. The molecule has 0 radical (unpaired) electrons. The number of carbonyl (C=O) groups is 1. The molecule has 1 unspecified atom stereocenters. The van der Waals surface area contributed by atoms with Crippen LogP contribution in [0.2, 0.25) is 0 Å². The molecule has 2 aliphatic rings. The molecule has 1 aromatic carbocycles. The zero-order chi connectivity index (χ0) is 21.8. The summed E-state index contributed by atoms with van der Waals surface area (Å²) in [6, 6.07) is 1.23. The number of aromatic carboxylic acids is 1. The molecule has 1 aromatic heterocycles. The minimum atomic E-state index is -1.30. The number of carboxylic acids is 1. The lowest BCUT2D eigenvalue weighted by Crippen LogP contribution is -2.52. The van der Waals surface area contributed by atoms with Gasteiger partial charge in [-0.15, -0.1) is 0 Å². The molecule has 2 atom stereocenters. The van der Waals surface area contributed by atoms with Gasteiger partial charge in [-0.3, -0.25) is 4.79 Å². The molecule has 0 saturated carbocycles. The smallest absolute Gasteiger partial charge is 0.341 e. The molecule has 0 amide bonds. The lowest BCUT2D eigenvalue weighted by atomic mass is 9.73. The zero-order valence-electron chi connectivity index (χ0n) is 17.7. The predicted octanol–water partition coefficient (Wildman–Crippen LogP) is 3.72. The number of pyridine rings is 1. The molecule has 0 aliphatic carbocycles. The van der Waals surface area contributed by atoms with E-state index < -0.39 is 23.3 Å². The molecule has 162 valence electrons. The summed E-state index contributed by atoms with van der Waals surface area (Å²) in [4.78, 5) is 26.4. The molecular formula is C23H29FN2O4. The number of piperidine rings is 1. The Morgan fingerprint density at radius 2 is 2.00 bits per heavy atom. The number of aromatic nitrogens is 1. The van der Waals surface area contributed by atoms with Crippen LogP contribution in [0.4, 0.5) is 10.1 Å². The predicted molar refractivity (Wildman–Crippen MR) is 114 cm³/mol. The molecule has 30 heavy (non-hydrogen) atoms. The fourth-order valence-electron chi connectivity index (χ4n) is 5.41. The van der Waals surface area contributed by atoms with Crippen molar-refractivity contribution in [2.75, 3.05) is 18.0 Å². The summed E-state index contributed by atoms with van der Waals surface area (Å²) in [7, 11) is 0. The third kappa shape index (κ3) is 2.94. The Kier molecular flexibility index (Phi) is 5.12. The van der Waals surface area contributed by atoms with Gasteiger partial charge in [0.2, 0.25) is 5.43 Å². The number of rotatable bonds is 4. The molecule has 4 rings (SSSR count). The van der Waals surface area contributed by atoms with Crippen molar-refractivity contribution in [1.82, 2.24) is 4.57 Å². The number of hydrogen-bond acceptors (Lipinski definition) is 4. The van der Waals surface area contributed by atoms with E-state index in [1.165, 1.54) is 12.3 Å². The van der Waals surface area contributed by atoms with Gasteiger partial charge in [-0.25, -0.2) is 9.18 Å². The van der Waals surface area contributed by atoms with Crippen LogP contribution in [-0.2, 0) is 6.42 Å². The fourth-order valence-corrected chi connectivity index (χ4v) is 5.41. The normalized spacial score (nSPS) is 23.0. The summed E-state index contributed by atoms with van der Waals surface area (Å²) in [5.41, 5.74) is 0.663. The van der Waals surface area contributed by atoms with Crippen LogP contribution in [0.1, 0.15) is 68.4 Å². The van der Waals surface area contributed by atoms with Gasteiger partial charge in [0, 0.05) is 41.7 Å². The van der Waals surface area contributed by atoms with Gasteiger partial charge < -0.3 is 19.7 Å². The number of benzene rings is 1. The van der Waals surface area contributed by atoms with Crippen molar-refractivity contribution >= 4 is 22.6 Å². The number of carboxylic acid groups (broad SMARTS) is 1. The Morgan fingerprint density at radius 1 is 1.30 bits per heavy atom. The fraction of sp³-hybridized carbons (Fsp3) is 0.565. The Balaban J connectivity index is 1.96. The first-order chi connectivity index (χ1) is 14.2. The van der Waals surface area contributed by atoms with Crippen LogP contribution in [0.3, 0.4) is 0 Å². The van der Waals surface area contributed by atoms with E-state index in [0.29, 0.717) is 37.1 Å². The van der Waals surface area contributed by atoms with Crippen LogP contribution in [0.15, 0.2) is 17.1 Å². The van der Waals surface area contributed by atoms with E-state index in [0.717, 1.165) is 24.8 Å². The molecule has 6 nitrogen and oxygen atoms in total. The van der Waals surface area contributed by atoms with E-state index in [4.69, 9.17) is 0 Å². The molecule has 3 heterocycles. The van der Waals surface area contributed by atoms with Crippen LogP contribution in [-0.4, -0.2) is 39.9 Å². The standard InChI is InChI=1S/C23H29FN2O4/c1-4-23(5-2)12-25(9-8-18(23)27)20-14-7-6-13(3)26-11-16(22(29)30)21(28)15(19(14)26)10-17(20)24/h10-11,13,18,27H,4-9,12H2,1-3H3,(H,29,30)/t13?,18-/m0/s1. The summed E-state index contributed by atoms with van der Waals surface area (Å²) in [5.74, 6) is -1.79. The van der Waals surface area contributed by atoms with E-state index in [2.05, 4.69) is 13.8 Å². The van der Waals surface area contributed by atoms with Crippen molar-refractivity contribution in [3.8, 4) is 0 Å². The Labute approximate surface area is 174 Å². The average molecular weight is 416 g/mol. The molecule has 0 spiro atoms. The Morgan fingerprint density at radius 3 is 2.63 bits per heavy atom. The quantitative estimate of drug-likeness (QED) is 0.794. The summed E-state index contributed by atoms with van der Waals surface area (Å²) in [6.45, 7) is 7.21. The minimum absolute atomic E-state index is 0.0190. The third-order valence-electron chi connectivity index (χ3n) is 7.47. The number of halogens is 1. The third-order valence-corrected chi connectivity index (χ3v) is 7.47. The van der Waals surface area contributed by atoms with Crippen molar-refractivity contribution in [2.24, 2.45) is 5.41 Å². The molecule has 2 aliphatic heterocycles. The van der Waals surface area contributed by atoms with E-state index >= 15 is 4.39 Å². The molecule has 1 fully saturated rings. The first-order valence-corrected chi connectivity index (χ1v) is 10.8. The lowest BCUT2D eigenvalue weighted by Gasteiger charge is -2.47. The van der Waals surface area contributed by atoms with Gasteiger partial charge >= 0.3 is 5.97 Å². The molecule has 0 bridgehead atoms. The number of hydrogen-bond donors (Lipinski definition) is 2. The van der Waals surface area contributed by atoms with Crippen molar-refractivity contribution in [2.45, 2.75) is 65.0 Å². The lowest BCUT2D eigenvalue weighted by molar-refractivity contribution is 0.00239. The molecule has 1 saturated heterocycles. The molecule has 7 heteroatoms. The monoisotopic (exact) mass is 416 g/mol. The highest BCUT2D eigenvalue weighted by Crippen LogP contribution is 2.43. The largest absolute Gasteiger partial charge is 0.477 e. The van der Waals surface area contributed by atoms with E-state index in [9.17, 15) is 19.8 Å². The number of anilines is 1. The maximum absolute atomic E-state index is 15.5. The first kappa shape index (κ1) is 20.8. The maximum Gasteiger partial charge on any atom is 0.341 e. The summed E-state index contributed by atoms with van der Waals surface area (Å²) >= 11 is 0. The number of nitrogens with zero attached hydrogens (tertiary/aromatic N) is 2. The SMILES string of the molecule is CCC1(CC)CN(c2c(F)cc3c(=O)c(C(=O)O)cn4c3c2CCC4C)CC[C@@H]1O. The van der Waals surface area contributed by atoms with Crippen LogP contribution in [0.25, 0.3) is 10.9 Å². The van der Waals surface area contributed by atoms with Crippen LogP contribution in [0, 0.1) is 11.2 Å². The van der Waals surface area contributed by atoms with Crippen molar-refractivity contribution in [1.29, 1.82) is 0 Å². The van der Waals surface area contributed by atoms with E-state index in [-0.39, 0.29) is 22.4 Å². The van der Waals surface area contributed by atoms with Gasteiger partial charge in [-0.1, -0.05) is 13.8 Å². The second kappa shape index (κ2) is 7.38. The summed E-state index contributed by atoms with van der Waals surface area (Å²) in [5, 5.41) is 20.2. The van der Waals surface area contributed by atoms with Crippen molar-refractivity contribution in [3.63, 3.8) is 0 Å². The Bertz CT molecular complexity index is 1070. The van der Waals surface area contributed by atoms with Crippen LogP contribution >= 0.6 is 0 Å². The van der Waals surface area contributed by atoms with Crippen LogP contribution < -0.4 is 10.3 Å². The van der Waals surface area contributed by atoms with Crippen molar-refractivity contribution < 1.29 is 19.4 Å². The van der Waals surface area contributed by atoms with Gasteiger partial charge in [-0.2, -0.15) is 0 Å². The van der Waals surface area contributed by atoms with Gasteiger partial charge in [-0.05, 0) is 45.1 Å². The van der Waals surface area contributed by atoms with Gasteiger partial charge in [0.05, 0.1) is 17.3 Å². The zero-order valence-corrected chi connectivity index (χ0v) is 17.7. The second-order valence-corrected chi connectivity index (χ2v) is 8.85. The Hall–Kier alpha value is -2.41. The summed E-state index contributed by atoms with van der Waals surface area (Å²) < 4.78 is 17.3. The van der Waals surface area contributed by atoms with Gasteiger partial charge in [0.25, 0.3) is 0 Å². The number of aliphatic hydroxyl groups is 1. The van der Waals surface area contributed by atoms with Gasteiger partial charge in [0.15, 0.2) is 0 Å². The highest BCUT2D eigenvalue weighted by molar-refractivity contribution is 5.95. The number of aryl methyl sites for hydroxylation is 1. The van der Waals surface area contributed by atoms with E-state index in [1.807, 2.05) is 16.4 Å². The highest BCUT2D eigenvalue weighted by atomic mass is 19.1. The minimum Gasteiger partial charge on any atom is -0.477 e. The van der Waals surface area contributed by atoms with Gasteiger partial charge in [0.1, 0.15) is 11.4 Å². The van der Waals surface area contributed by atoms with Crippen molar-refractivity contribution in [3.05, 3.63) is 39.4 Å². The molecule has 2 N–H and O–H groups in total. The molecule has 2 aromatic rings. The van der Waals surface area contributed by atoms with Crippen LogP contribution in [0.5, 0.6) is 0 Å². The number of aliphatic hydroxyl groups excluding tert-OH is 1. The second-order valence-electron chi connectivity index (χ2n) is 8.85. The maximum atomic E-state index is 15.5. The van der Waals surface area contributed by atoms with E-state index in [1.54, 1.807) is 0 Å². The first-order valence-electron chi connectivity index (χ1n) is 10.8. The summed E-state index contributed by atoms with van der Waals surface area (Å²) in [6.07, 6.45) is 4.53. The average Bonchev–Trinajstić information content (AvgIpc) is 2.72. The molecular weight excluding hydrogens is 387 g/mol. The topological polar surface area (TPSA) is 82.8 Å².